The SMILES string of the molecule is [Cl-].[O-]c1cccc2ccccc12.[Zr+2]. The summed E-state index contributed by atoms with van der Waals surface area (Å²) in [5.41, 5.74) is 0. The Labute approximate surface area is 102 Å². The van der Waals surface area contributed by atoms with Crippen LogP contribution in [-0.2, 0) is 26.2 Å². The number of hydrogen-bond acceptors (Lipinski definition) is 1. The first-order chi connectivity index (χ1) is 5.38. The van der Waals surface area contributed by atoms with Crippen molar-refractivity contribution in [3.8, 4) is 5.75 Å². The summed E-state index contributed by atoms with van der Waals surface area (Å²) in [6.07, 6.45) is 0. The van der Waals surface area contributed by atoms with Crippen LogP contribution in [0.5, 0.6) is 5.75 Å². The van der Waals surface area contributed by atoms with Gasteiger partial charge in [-0.3, -0.25) is 0 Å². The zero-order valence-electron chi connectivity index (χ0n) is 6.83. The zero-order chi connectivity index (χ0) is 7.68. The van der Waals surface area contributed by atoms with Gasteiger partial charge in [-0.15, -0.1) is 5.75 Å². The molecule has 0 saturated heterocycles. The van der Waals surface area contributed by atoms with E-state index in [0.29, 0.717) is 0 Å². The van der Waals surface area contributed by atoms with Crippen LogP contribution in [0, 0.1) is 0 Å². The predicted molar refractivity (Wildman–Crippen MR) is 43.4 cm³/mol. The summed E-state index contributed by atoms with van der Waals surface area (Å²) in [6.45, 7) is 0. The summed E-state index contributed by atoms with van der Waals surface area (Å²) in [5.74, 6) is 0.100. The third-order valence-corrected chi connectivity index (χ3v) is 1.75. The molecule has 0 unspecified atom stereocenters. The van der Waals surface area contributed by atoms with Crippen molar-refractivity contribution in [2.24, 2.45) is 0 Å². The molecule has 1 nitrogen and oxygen atoms in total. The first kappa shape index (κ1) is 12.7. The Bertz CT molecular complexity index is 384. The first-order valence-corrected chi connectivity index (χ1v) is 3.53. The fourth-order valence-electron chi connectivity index (χ4n) is 1.20. The molecule has 0 aliphatic carbocycles. The average molecular weight is 270 g/mol. The number of hydrogen-bond donors (Lipinski definition) is 0. The molecule has 2 aromatic rings. The summed E-state index contributed by atoms with van der Waals surface area (Å²) in [6, 6.07) is 12.9. The minimum absolute atomic E-state index is 0. The van der Waals surface area contributed by atoms with E-state index in [4.69, 9.17) is 0 Å². The van der Waals surface area contributed by atoms with E-state index in [2.05, 4.69) is 0 Å². The van der Waals surface area contributed by atoms with Gasteiger partial charge in [-0.2, -0.15) is 0 Å². The van der Waals surface area contributed by atoms with E-state index in [0.717, 1.165) is 10.8 Å². The standard InChI is InChI=1S/C10H8O.ClH.Zr/c11-10-7-3-5-8-4-1-2-6-9(8)10;;/h1-7,11H;1H;/q;;+2/p-2. The maximum atomic E-state index is 11.2. The van der Waals surface area contributed by atoms with Crippen molar-refractivity contribution < 1.29 is 43.7 Å². The molecule has 0 radical (unpaired) electrons. The van der Waals surface area contributed by atoms with E-state index in [-0.39, 0.29) is 44.4 Å². The molecular formula is C10H7ClOZr. The Morgan fingerprint density at radius 3 is 2.15 bits per heavy atom. The summed E-state index contributed by atoms with van der Waals surface area (Å²) in [7, 11) is 0. The first-order valence-electron chi connectivity index (χ1n) is 3.53. The topological polar surface area (TPSA) is 23.1 Å². The van der Waals surface area contributed by atoms with Gasteiger partial charge in [-0.25, -0.2) is 0 Å². The van der Waals surface area contributed by atoms with Gasteiger partial charge in [0.1, 0.15) is 0 Å². The van der Waals surface area contributed by atoms with Gasteiger partial charge in [-0.05, 0) is 10.8 Å². The van der Waals surface area contributed by atoms with Gasteiger partial charge in [0.25, 0.3) is 0 Å². The van der Waals surface area contributed by atoms with Crippen LogP contribution in [0.25, 0.3) is 10.8 Å². The number of halogens is 1. The van der Waals surface area contributed by atoms with E-state index in [1.807, 2.05) is 30.3 Å². The molecule has 0 spiro atoms. The fraction of sp³-hybridized carbons (Fsp3) is 0. The molecule has 0 aliphatic rings. The minimum Gasteiger partial charge on any atom is -1.00 e. The normalized spacial score (nSPS) is 8.62. The van der Waals surface area contributed by atoms with Crippen molar-refractivity contribution in [3.05, 3.63) is 42.5 Å². The molecule has 13 heavy (non-hydrogen) atoms. The quantitative estimate of drug-likeness (QED) is 0.597. The fourth-order valence-corrected chi connectivity index (χ4v) is 1.20. The summed E-state index contributed by atoms with van der Waals surface area (Å²) >= 11 is 0. The molecule has 64 valence electrons. The van der Waals surface area contributed by atoms with Crippen LogP contribution in [0.4, 0.5) is 0 Å². The van der Waals surface area contributed by atoms with Crippen LogP contribution in [-0.4, -0.2) is 0 Å². The van der Waals surface area contributed by atoms with Crippen molar-refractivity contribution in [2.75, 3.05) is 0 Å². The second kappa shape index (κ2) is 5.41. The predicted octanol–water partition coefficient (Wildman–Crippen LogP) is -1.09. The zero-order valence-corrected chi connectivity index (χ0v) is 10.0. The Kier molecular flexibility index (Phi) is 5.28. The molecule has 0 fully saturated rings. The van der Waals surface area contributed by atoms with Gasteiger partial charge in [0.05, 0.1) is 0 Å². The molecule has 2 rings (SSSR count). The molecule has 0 bridgehead atoms. The smallest absolute Gasteiger partial charge is 1.00 e. The molecule has 0 aromatic heterocycles. The average Bonchev–Trinajstić information content (AvgIpc) is 2.06. The molecule has 0 atom stereocenters. The van der Waals surface area contributed by atoms with Crippen molar-refractivity contribution in [3.63, 3.8) is 0 Å². The van der Waals surface area contributed by atoms with Gasteiger partial charge in [0.15, 0.2) is 0 Å². The molecule has 0 aliphatic heterocycles. The maximum absolute atomic E-state index is 11.2. The molecule has 0 N–H and O–H groups in total. The van der Waals surface area contributed by atoms with Crippen molar-refractivity contribution in [1.82, 2.24) is 0 Å². The van der Waals surface area contributed by atoms with Crippen molar-refractivity contribution in [2.45, 2.75) is 0 Å². The molecule has 2 aromatic carbocycles. The third kappa shape index (κ3) is 2.56. The second-order valence-corrected chi connectivity index (χ2v) is 2.48. The van der Waals surface area contributed by atoms with Gasteiger partial charge < -0.3 is 17.5 Å². The van der Waals surface area contributed by atoms with Crippen LogP contribution in [0.15, 0.2) is 42.5 Å². The Morgan fingerprint density at radius 2 is 1.46 bits per heavy atom. The third-order valence-electron chi connectivity index (χ3n) is 1.75. The minimum atomic E-state index is 0. The van der Waals surface area contributed by atoms with Gasteiger partial charge in [0.2, 0.25) is 0 Å². The maximum Gasteiger partial charge on any atom is 2.00 e. The number of rotatable bonds is 0. The van der Waals surface area contributed by atoms with Crippen molar-refractivity contribution >= 4 is 10.8 Å². The Hall–Kier alpha value is -0.327. The van der Waals surface area contributed by atoms with Crippen LogP contribution in [0.1, 0.15) is 0 Å². The van der Waals surface area contributed by atoms with Crippen LogP contribution in [0.3, 0.4) is 0 Å². The van der Waals surface area contributed by atoms with Crippen LogP contribution in [0.2, 0.25) is 0 Å². The summed E-state index contributed by atoms with van der Waals surface area (Å²) in [5, 5.41) is 13.0. The van der Waals surface area contributed by atoms with E-state index in [1.165, 1.54) is 0 Å². The largest absolute Gasteiger partial charge is 2.00 e. The summed E-state index contributed by atoms with van der Waals surface area (Å²) < 4.78 is 0. The Balaban J connectivity index is 0.000000720. The van der Waals surface area contributed by atoms with Gasteiger partial charge in [0, 0.05) is 0 Å². The molecule has 0 heterocycles. The van der Waals surface area contributed by atoms with Gasteiger partial charge >= 0.3 is 26.2 Å². The van der Waals surface area contributed by atoms with Crippen LogP contribution >= 0.6 is 0 Å². The Morgan fingerprint density at radius 1 is 0.846 bits per heavy atom. The molecular weight excluding hydrogens is 263 g/mol. The van der Waals surface area contributed by atoms with Crippen molar-refractivity contribution in [1.29, 1.82) is 0 Å². The second-order valence-electron chi connectivity index (χ2n) is 2.48. The van der Waals surface area contributed by atoms with E-state index < -0.39 is 0 Å². The number of fused-ring (bicyclic) bond motifs is 1. The van der Waals surface area contributed by atoms with E-state index in [9.17, 15) is 5.11 Å². The molecule has 3 heteroatoms. The number of benzene rings is 2. The van der Waals surface area contributed by atoms with E-state index in [1.54, 1.807) is 12.1 Å². The van der Waals surface area contributed by atoms with Gasteiger partial charge in [-0.1, -0.05) is 42.5 Å². The monoisotopic (exact) mass is 268 g/mol. The molecule has 0 amide bonds. The summed E-state index contributed by atoms with van der Waals surface area (Å²) in [4.78, 5) is 0. The van der Waals surface area contributed by atoms with Crippen LogP contribution < -0.4 is 17.5 Å². The molecule has 0 saturated carbocycles. The van der Waals surface area contributed by atoms with E-state index >= 15 is 0 Å².